The highest BCUT2D eigenvalue weighted by Crippen LogP contribution is 2.40. The highest BCUT2D eigenvalue weighted by Gasteiger charge is 2.39. The molecule has 0 fully saturated rings. The average molecular weight is 283 g/mol. The number of halogens is 5. The first-order valence-corrected chi connectivity index (χ1v) is 5.19. The fourth-order valence-corrected chi connectivity index (χ4v) is 1.84. The van der Waals surface area contributed by atoms with Gasteiger partial charge in [-0.25, -0.2) is 9.38 Å². The zero-order chi connectivity index (χ0) is 13.5. The van der Waals surface area contributed by atoms with Crippen molar-refractivity contribution in [1.29, 1.82) is 0 Å². The number of hydrogen-bond donors (Lipinski definition) is 1. The molecule has 0 saturated heterocycles. The molecule has 3 nitrogen and oxygen atoms in total. The van der Waals surface area contributed by atoms with Crippen molar-refractivity contribution in [2.24, 2.45) is 10.7 Å². The SMILES string of the molecule is NC1=N[C@@H](c2c(C(F)(F)F)ccc(Cl)c2F)CO1. The number of hydrogen-bond acceptors (Lipinski definition) is 3. The Morgan fingerprint density at radius 3 is 2.56 bits per heavy atom. The monoisotopic (exact) mass is 282 g/mol. The molecule has 0 amide bonds. The molecule has 0 aromatic heterocycles. The van der Waals surface area contributed by atoms with Gasteiger partial charge in [0.25, 0.3) is 6.02 Å². The van der Waals surface area contributed by atoms with Crippen LogP contribution in [0, 0.1) is 5.82 Å². The lowest BCUT2D eigenvalue weighted by Crippen LogP contribution is -2.14. The molecule has 1 atom stereocenters. The molecule has 1 aliphatic heterocycles. The van der Waals surface area contributed by atoms with Crippen LogP contribution < -0.4 is 5.73 Å². The summed E-state index contributed by atoms with van der Waals surface area (Å²) < 4.78 is 56.8. The summed E-state index contributed by atoms with van der Waals surface area (Å²) in [5, 5.41) is -0.404. The average Bonchev–Trinajstić information content (AvgIpc) is 2.66. The van der Waals surface area contributed by atoms with Crippen LogP contribution in [0.25, 0.3) is 0 Å². The maximum Gasteiger partial charge on any atom is 0.416 e. The number of aliphatic imine (C=N–C) groups is 1. The van der Waals surface area contributed by atoms with E-state index >= 15 is 0 Å². The number of alkyl halides is 3. The van der Waals surface area contributed by atoms with Crippen LogP contribution in [0.1, 0.15) is 17.2 Å². The third kappa shape index (κ3) is 2.22. The molecule has 0 saturated carbocycles. The zero-order valence-corrected chi connectivity index (χ0v) is 9.52. The third-order valence-corrected chi connectivity index (χ3v) is 2.74. The molecule has 0 spiro atoms. The van der Waals surface area contributed by atoms with Gasteiger partial charge in [0.05, 0.1) is 10.6 Å². The van der Waals surface area contributed by atoms with E-state index in [1.54, 1.807) is 0 Å². The van der Waals surface area contributed by atoms with Crippen LogP contribution in [0.2, 0.25) is 5.02 Å². The Hall–Kier alpha value is -1.50. The van der Waals surface area contributed by atoms with Gasteiger partial charge in [-0.2, -0.15) is 13.2 Å². The molecule has 1 aliphatic rings. The smallest absolute Gasteiger partial charge is 0.416 e. The number of benzene rings is 1. The van der Waals surface area contributed by atoms with Crippen molar-refractivity contribution in [3.8, 4) is 0 Å². The van der Waals surface area contributed by atoms with Crippen LogP contribution in [0.5, 0.6) is 0 Å². The van der Waals surface area contributed by atoms with Crippen molar-refractivity contribution in [3.05, 3.63) is 34.1 Å². The summed E-state index contributed by atoms with van der Waals surface area (Å²) in [4.78, 5) is 3.61. The fourth-order valence-electron chi connectivity index (χ4n) is 1.68. The standard InChI is InChI=1S/C10H7ClF4N2O/c11-5-2-1-4(10(13,14)15)7(8(5)12)6-3-18-9(16)17-6/h1-2,6H,3H2,(H2,16,17)/t6-/m1/s1. The molecule has 1 aromatic carbocycles. The van der Waals surface area contributed by atoms with Crippen LogP contribution in [-0.4, -0.2) is 12.6 Å². The van der Waals surface area contributed by atoms with Crippen molar-refractivity contribution in [1.82, 2.24) is 0 Å². The lowest BCUT2D eigenvalue weighted by atomic mass is 10.00. The Labute approximate surface area is 104 Å². The van der Waals surface area contributed by atoms with E-state index < -0.39 is 34.2 Å². The molecule has 8 heteroatoms. The summed E-state index contributed by atoms with van der Waals surface area (Å²) >= 11 is 5.49. The molecular weight excluding hydrogens is 276 g/mol. The van der Waals surface area contributed by atoms with Crippen molar-refractivity contribution in [3.63, 3.8) is 0 Å². The number of rotatable bonds is 1. The van der Waals surface area contributed by atoms with Gasteiger partial charge in [0, 0.05) is 5.56 Å². The number of nitrogens with two attached hydrogens (primary N) is 1. The van der Waals surface area contributed by atoms with Crippen LogP contribution in [0.4, 0.5) is 17.6 Å². The largest absolute Gasteiger partial charge is 0.463 e. The quantitative estimate of drug-likeness (QED) is 0.805. The zero-order valence-electron chi connectivity index (χ0n) is 8.76. The third-order valence-electron chi connectivity index (χ3n) is 2.44. The van der Waals surface area contributed by atoms with Gasteiger partial charge in [-0.3, -0.25) is 0 Å². The number of nitrogens with zero attached hydrogens (tertiary/aromatic N) is 1. The lowest BCUT2D eigenvalue weighted by Gasteiger charge is -2.16. The van der Waals surface area contributed by atoms with E-state index in [2.05, 4.69) is 4.99 Å². The molecule has 2 N–H and O–H groups in total. The first kappa shape index (κ1) is 12.9. The van der Waals surface area contributed by atoms with E-state index in [4.69, 9.17) is 22.1 Å². The number of ether oxygens (including phenoxy) is 1. The Morgan fingerprint density at radius 2 is 2.06 bits per heavy atom. The maximum absolute atomic E-state index is 13.8. The predicted octanol–water partition coefficient (Wildman–Crippen LogP) is 2.88. The van der Waals surface area contributed by atoms with E-state index in [1.807, 2.05) is 0 Å². The molecule has 2 rings (SSSR count). The molecule has 98 valence electrons. The topological polar surface area (TPSA) is 47.6 Å². The second-order valence-electron chi connectivity index (χ2n) is 3.61. The van der Waals surface area contributed by atoms with Gasteiger partial charge in [0.2, 0.25) is 0 Å². The van der Waals surface area contributed by atoms with E-state index in [9.17, 15) is 17.6 Å². The summed E-state index contributed by atoms with van der Waals surface area (Å²) in [6, 6.07) is 0.157. The lowest BCUT2D eigenvalue weighted by molar-refractivity contribution is -0.138. The Balaban J connectivity index is 2.59. The second kappa shape index (κ2) is 4.31. The minimum atomic E-state index is -4.70. The van der Waals surface area contributed by atoms with Gasteiger partial charge >= 0.3 is 6.18 Å². The molecule has 1 heterocycles. The summed E-state index contributed by atoms with van der Waals surface area (Å²) in [7, 11) is 0. The number of amidine groups is 1. The molecule has 0 unspecified atom stereocenters. The maximum atomic E-state index is 13.8. The van der Waals surface area contributed by atoms with Gasteiger partial charge in [0.15, 0.2) is 0 Å². The Bertz CT molecular complexity index is 515. The highest BCUT2D eigenvalue weighted by molar-refractivity contribution is 6.30. The molecule has 0 aliphatic carbocycles. The van der Waals surface area contributed by atoms with Crippen LogP contribution >= 0.6 is 11.6 Å². The van der Waals surface area contributed by atoms with Gasteiger partial charge in [-0.1, -0.05) is 11.6 Å². The summed E-state index contributed by atoms with van der Waals surface area (Å²) in [5.41, 5.74) is 3.43. The first-order valence-electron chi connectivity index (χ1n) is 4.82. The molecule has 0 bridgehead atoms. The van der Waals surface area contributed by atoms with E-state index in [0.717, 1.165) is 6.07 Å². The van der Waals surface area contributed by atoms with Crippen LogP contribution in [0.15, 0.2) is 17.1 Å². The Kier molecular flexibility index (Phi) is 3.10. The molecular formula is C10H7ClF4N2O. The summed E-state index contributed by atoms with van der Waals surface area (Å²) in [6.45, 7) is -0.244. The minimum absolute atomic E-state index is 0.244. The molecule has 18 heavy (non-hydrogen) atoms. The van der Waals surface area contributed by atoms with Crippen molar-refractivity contribution >= 4 is 17.6 Å². The first-order chi connectivity index (χ1) is 8.30. The van der Waals surface area contributed by atoms with Gasteiger partial charge in [-0.05, 0) is 12.1 Å². The van der Waals surface area contributed by atoms with Gasteiger partial charge < -0.3 is 10.5 Å². The van der Waals surface area contributed by atoms with Crippen molar-refractivity contribution in [2.75, 3.05) is 6.61 Å². The Morgan fingerprint density at radius 1 is 1.39 bits per heavy atom. The van der Waals surface area contributed by atoms with Crippen LogP contribution in [-0.2, 0) is 10.9 Å². The normalized spacial score (nSPS) is 19.6. The van der Waals surface area contributed by atoms with Gasteiger partial charge in [-0.15, -0.1) is 0 Å². The van der Waals surface area contributed by atoms with E-state index in [1.165, 1.54) is 0 Å². The minimum Gasteiger partial charge on any atom is -0.463 e. The summed E-state index contributed by atoms with van der Waals surface area (Å²) in [6.07, 6.45) is -4.70. The van der Waals surface area contributed by atoms with Crippen LogP contribution in [0.3, 0.4) is 0 Å². The molecule has 1 aromatic rings. The second-order valence-corrected chi connectivity index (χ2v) is 4.02. The summed E-state index contributed by atoms with van der Waals surface area (Å²) in [5.74, 6) is -1.15. The van der Waals surface area contributed by atoms with Gasteiger partial charge in [0.1, 0.15) is 18.5 Å². The van der Waals surface area contributed by atoms with Crippen molar-refractivity contribution < 1.29 is 22.3 Å². The van der Waals surface area contributed by atoms with E-state index in [-0.39, 0.29) is 12.6 Å². The highest BCUT2D eigenvalue weighted by atomic mass is 35.5. The van der Waals surface area contributed by atoms with E-state index in [0.29, 0.717) is 6.07 Å². The van der Waals surface area contributed by atoms with Crippen molar-refractivity contribution in [2.45, 2.75) is 12.2 Å². The molecule has 0 radical (unpaired) electrons. The fraction of sp³-hybridized carbons (Fsp3) is 0.300. The predicted molar refractivity (Wildman–Crippen MR) is 56.7 cm³/mol.